The molecule has 62 heavy (non-hydrogen) atoms. The maximum Gasteiger partial charge on any atom is 0.162 e. The van der Waals surface area contributed by atoms with Crippen LogP contribution >= 0.6 is 0 Å². The summed E-state index contributed by atoms with van der Waals surface area (Å²) in [5, 5.41) is 19.4. The summed E-state index contributed by atoms with van der Waals surface area (Å²) in [5.74, 6) is 1.72. The summed E-state index contributed by atoms with van der Waals surface area (Å²) in [6.45, 7) is 21.7. The van der Waals surface area contributed by atoms with Gasteiger partial charge in [-0.25, -0.2) is 0 Å². The van der Waals surface area contributed by atoms with Crippen LogP contribution in [0.25, 0.3) is 76.6 Å². The number of hydrogen-bond acceptors (Lipinski definition) is 4. The van der Waals surface area contributed by atoms with E-state index in [4.69, 9.17) is 9.40 Å². The number of aliphatic hydroxyl groups excluding tert-OH is 1. The number of hydrogen-bond donors (Lipinski definition) is 1. The first-order chi connectivity index (χ1) is 29.4. The SMILES string of the molecule is CC(C)c1cccc(C(C)C)c1-c1ccc2c(ccc3c4ccnc(-c5[c-]c(C(C)C)c6oc7ccccc7c6c5)c4ccc23)c1.CCC(CC)C(=O)/C=C(\O)C(CC)CC.[Ir]. The molecule has 2 heterocycles. The van der Waals surface area contributed by atoms with Gasteiger partial charge in [-0.1, -0.05) is 153 Å². The van der Waals surface area contributed by atoms with Crippen LogP contribution in [0, 0.1) is 17.9 Å². The van der Waals surface area contributed by atoms with E-state index in [1.165, 1.54) is 55.3 Å². The second-order valence-electron chi connectivity index (χ2n) is 17.6. The van der Waals surface area contributed by atoms with Gasteiger partial charge in [0.15, 0.2) is 5.78 Å². The molecule has 0 bridgehead atoms. The van der Waals surface area contributed by atoms with Crippen molar-refractivity contribution >= 4 is 60.0 Å². The molecule has 323 valence electrons. The van der Waals surface area contributed by atoms with E-state index in [1.807, 2.05) is 46.0 Å². The largest absolute Gasteiger partial charge is 0.512 e. The maximum absolute atomic E-state index is 11.7. The zero-order chi connectivity index (χ0) is 43.5. The van der Waals surface area contributed by atoms with E-state index in [1.54, 1.807) is 0 Å². The van der Waals surface area contributed by atoms with Crippen molar-refractivity contribution in [2.45, 2.75) is 113 Å². The molecule has 0 saturated heterocycles. The number of pyridine rings is 1. The van der Waals surface area contributed by atoms with Crippen LogP contribution in [0.3, 0.4) is 0 Å². The molecule has 0 unspecified atom stereocenters. The van der Waals surface area contributed by atoms with Gasteiger partial charge in [0.25, 0.3) is 0 Å². The van der Waals surface area contributed by atoms with Crippen LogP contribution in [-0.2, 0) is 24.9 Å². The number of benzene rings is 6. The van der Waals surface area contributed by atoms with Crippen LogP contribution in [0.2, 0.25) is 0 Å². The molecule has 4 nitrogen and oxygen atoms in total. The average molecular weight is 1000 g/mol. The van der Waals surface area contributed by atoms with E-state index in [0.29, 0.717) is 11.8 Å². The number of carbonyl (C=O) groups is 1. The van der Waals surface area contributed by atoms with Crippen LogP contribution in [0.1, 0.15) is 129 Å². The minimum absolute atomic E-state index is 0. The summed E-state index contributed by atoms with van der Waals surface area (Å²) in [6, 6.07) is 39.3. The second kappa shape index (κ2) is 20.0. The standard InChI is InChI=1S/C44H38NO.C13H24O2.Ir/c1-25(2)31-11-9-12-32(26(3)4)42(31)29-15-16-33-28(22-29)14-17-35-34(33)18-19-38-36(35)20-21-45-43(38)30-23-39(27(5)6)44-40(24-30)37-10-7-8-13-41(37)46-44;1-5-10(6-2)12(14)9-13(15)11(7-3)8-4;/h7-22,24-27H,1-6H3;9-11,14H,5-8H2,1-4H3;/q-1;;/b;12-9-;. The number of aromatic nitrogens is 1. The van der Waals surface area contributed by atoms with Gasteiger partial charge in [0, 0.05) is 49.6 Å². The Labute approximate surface area is 382 Å². The third-order valence-electron chi connectivity index (χ3n) is 12.8. The van der Waals surface area contributed by atoms with Crippen LogP contribution in [0.4, 0.5) is 0 Å². The van der Waals surface area contributed by atoms with Gasteiger partial charge in [-0.2, -0.15) is 0 Å². The van der Waals surface area contributed by atoms with E-state index in [0.717, 1.165) is 69.8 Å². The third-order valence-corrected chi connectivity index (χ3v) is 12.8. The van der Waals surface area contributed by atoms with E-state index in [9.17, 15) is 9.90 Å². The zero-order valence-corrected chi connectivity index (χ0v) is 40.5. The van der Waals surface area contributed by atoms with Crippen molar-refractivity contribution in [3.63, 3.8) is 0 Å². The van der Waals surface area contributed by atoms with Crippen LogP contribution in [0.15, 0.2) is 120 Å². The van der Waals surface area contributed by atoms with E-state index in [-0.39, 0.29) is 49.4 Å². The fraction of sp³-hybridized carbons (Fsp3) is 0.333. The molecule has 8 aromatic rings. The molecule has 6 aromatic carbocycles. The molecular formula is C57H62IrNO3-. The Morgan fingerprint density at radius 3 is 1.89 bits per heavy atom. The molecular weight excluding hydrogens is 939 g/mol. The van der Waals surface area contributed by atoms with Crippen LogP contribution < -0.4 is 0 Å². The minimum atomic E-state index is 0. The third kappa shape index (κ3) is 9.03. The smallest absolute Gasteiger partial charge is 0.162 e. The monoisotopic (exact) mass is 1000 g/mol. The second-order valence-corrected chi connectivity index (χ2v) is 17.6. The summed E-state index contributed by atoms with van der Waals surface area (Å²) in [7, 11) is 0. The Balaban J connectivity index is 0.000000346. The summed E-state index contributed by atoms with van der Waals surface area (Å²) < 4.78 is 6.34. The van der Waals surface area contributed by atoms with E-state index >= 15 is 0 Å². The molecule has 0 aliphatic heterocycles. The van der Waals surface area contributed by atoms with Gasteiger partial charge < -0.3 is 14.5 Å². The Morgan fingerprint density at radius 1 is 0.645 bits per heavy atom. The van der Waals surface area contributed by atoms with Crippen molar-refractivity contribution in [3.8, 4) is 22.4 Å². The van der Waals surface area contributed by atoms with Crippen molar-refractivity contribution in [2.75, 3.05) is 0 Å². The Hall–Kier alpha value is -5.09. The van der Waals surface area contributed by atoms with Gasteiger partial charge in [0.2, 0.25) is 0 Å². The molecule has 1 N–H and O–H groups in total. The fourth-order valence-electron chi connectivity index (χ4n) is 9.17. The number of fused-ring (bicyclic) bond motifs is 8. The summed E-state index contributed by atoms with van der Waals surface area (Å²) in [6.07, 6.45) is 6.85. The number of nitrogens with zero attached hydrogens (tertiary/aromatic N) is 1. The molecule has 8 rings (SSSR count). The Bertz CT molecular complexity index is 2860. The van der Waals surface area contributed by atoms with Crippen molar-refractivity contribution < 1.29 is 34.4 Å². The molecule has 0 atom stereocenters. The van der Waals surface area contributed by atoms with Gasteiger partial charge in [-0.05, 0) is 122 Å². The predicted octanol–water partition coefficient (Wildman–Crippen LogP) is 16.8. The number of para-hydroxylation sites is 1. The number of furan rings is 1. The first-order valence-corrected chi connectivity index (χ1v) is 22.6. The predicted molar refractivity (Wildman–Crippen MR) is 260 cm³/mol. The topological polar surface area (TPSA) is 63.3 Å². The number of allylic oxidation sites excluding steroid dienone is 2. The molecule has 0 fully saturated rings. The number of rotatable bonds is 12. The quantitative estimate of drug-likeness (QED) is 0.0573. The minimum Gasteiger partial charge on any atom is -0.512 e. The molecule has 5 heteroatoms. The van der Waals surface area contributed by atoms with Crippen LogP contribution in [-0.4, -0.2) is 15.9 Å². The molecule has 1 radical (unpaired) electrons. The van der Waals surface area contributed by atoms with Crippen molar-refractivity contribution in [3.05, 3.63) is 138 Å². The maximum atomic E-state index is 11.7. The zero-order valence-electron chi connectivity index (χ0n) is 38.2. The fourth-order valence-corrected chi connectivity index (χ4v) is 9.17. The van der Waals surface area contributed by atoms with E-state index < -0.39 is 0 Å². The molecule has 0 aliphatic carbocycles. The van der Waals surface area contributed by atoms with Gasteiger partial charge in [-0.3, -0.25) is 4.79 Å². The summed E-state index contributed by atoms with van der Waals surface area (Å²) in [4.78, 5) is 16.7. The van der Waals surface area contributed by atoms with Crippen LogP contribution in [0.5, 0.6) is 0 Å². The summed E-state index contributed by atoms with van der Waals surface area (Å²) in [5.41, 5.74) is 10.4. The van der Waals surface area contributed by atoms with Gasteiger partial charge in [0.05, 0.1) is 11.3 Å². The molecule has 2 aromatic heterocycles. The molecule has 0 spiro atoms. The van der Waals surface area contributed by atoms with Gasteiger partial charge >= 0.3 is 0 Å². The van der Waals surface area contributed by atoms with Crippen molar-refractivity contribution in [2.24, 2.45) is 11.8 Å². The van der Waals surface area contributed by atoms with Crippen molar-refractivity contribution in [1.29, 1.82) is 0 Å². The number of aliphatic hydroxyl groups is 1. The Kier molecular flexibility index (Phi) is 14.9. The molecule has 0 amide bonds. The average Bonchev–Trinajstić information content (AvgIpc) is 3.64. The van der Waals surface area contributed by atoms with Gasteiger partial charge in [-0.15, -0.1) is 17.7 Å². The number of ketones is 1. The first kappa shape index (κ1) is 46.4. The van der Waals surface area contributed by atoms with Gasteiger partial charge in [0.1, 0.15) is 5.58 Å². The molecule has 0 aliphatic rings. The first-order valence-electron chi connectivity index (χ1n) is 22.6. The summed E-state index contributed by atoms with van der Waals surface area (Å²) >= 11 is 0. The normalized spacial score (nSPS) is 12.1. The molecule has 0 saturated carbocycles. The van der Waals surface area contributed by atoms with Crippen molar-refractivity contribution in [1.82, 2.24) is 4.98 Å². The van der Waals surface area contributed by atoms with E-state index in [2.05, 4.69) is 133 Å². The number of carbonyl (C=O) groups excluding carboxylic acids is 1. The Morgan fingerprint density at radius 2 is 1.24 bits per heavy atom.